The molecule has 2 aromatic carbocycles. The second kappa shape index (κ2) is 5.77. The highest BCUT2D eigenvalue weighted by atomic mass is 32.2. The molecular formula is C16H13NOS2. The number of hydrogen-bond donors (Lipinski definition) is 2. The molecule has 1 unspecified atom stereocenters. The van der Waals surface area contributed by atoms with Crippen molar-refractivity contribution in [2.75, 3.05) is 0 Å². The molecule has 0 saturated carbocycles. The second-order valence-corrected chi connectivity index (χ2v) is 6.45. The maximum atomic E-state index is 11.6. The van der Waals surface area contributed by atoms with Crippen molar-refractivity contribution in [1.29, 1.82) is 0 Å². The molecule has 1 saturated heterocycles. The van der Waals surface area contributed by atoms with E-state index < -0.39 is 0 Å². The molecule has 100 valence electrons. The first-order valence-corrected chi connectivity index (χ1v) is 7.65. The third kappa shape index (κ3) is 2.92. The van der Waals surface area contributed by atoms with Gasteiger partial charge in [0.1, 0.15) is 4.71 Å². The average Bonchev–Trinajstić information content (AvgIpc) is 2.79. The van der Waals surface area contributed by atoms with Crippen LogP contribution in [0.2, 0.25) is 0 Å². The predicted octanol–water partition coefficient (Wildman–Crippen LogP) is 3.77. The van der Waals surface area contributed by atoms with Gasteiger partial charge in [-0.15, -0.1) is 12.6 Å². The Morgan fingerprint density at radius 1 is 1.00 bits per heavy atom. The van der Waals surface area contributed by atoms with Crippen LogP contribution < -0.4 is 5.32 Å². The minimum atomic E-state index is -0.141. The summed E-state index contributed by atoms with van der Waals surface area (Å²) in [4.78, 5) is 12.3. The summed E-state index contributed by atoms with van der Waals surface area (Å²) in [7, 11) is 0. The van der Waals surface area contributed by atoms with Gasteiger partial charge in [0.15, 0.2) is 0 Å². The highest BCUT2D eigenvalue weighted by molar-refractivity contribution is 8.14. The molecule has 20 heavy (non-hydrogen) atoms. The summed E-state index contributed by atoms with van der Waals surface area (Å²) in [6, 6.07) is 18.4. The molecule has 0 aliphatic carbocycles. The van der Waals surface area contributed by atoms with Crippen molar-refractivity contribution >= 4 is 36.4 Å². The van der Waals surface area contributed by atoms with E-state index in [0.29, 0.717) is 4.91 Å². The largest absolute Gasteiger partial charge is 0.331 e. The molecule has 1 aliphatic rings. The highest BCUT2D eigenvalue weighted by Crippen LogP contribution is 2.31. The summed E-state index contributed by atoms with van der Waals surface area (Å²) >= 11 is 5.67. The van der Waals surface area contributed by atoms with E-state index in [1.807, 2.05) is 36.4 Å². The standard InChI is InChI=1S/C16H13NOS2/c18-15-14(20-16(19)17-15)10-11-6-8-13(9-7-11)12-4-2-1-3-5-12/h1-10,16,19H,(H,17,18)/b14-10-. The van der Waals surface area contributed by atoms with E-state index in [1.165, 1.54) is 22.9 Å². The molecule has 2 nitrogen and oxygen atoms in total. The quantitative estimate of drug-likeness (QED) is 0.653. The lowest BCUT2D eigenvalue weighted by Gasteiger charge is -2.02. The summed E-state index contributed by atoms with van der Waals surface area (Å²) in [6.07, 6.45) is 1.89. The Morgan fingerprint density at radius 3 is 2.25 bits per heavy atom. The Balaban J connectivity index is 1.84. The predicted molar refractivity (Wildman–Crippen MR) is 88.4 cm³/mol. The average molecular weight is 299 g/mol. The van der Waals surface area contributed by atoms with E-state index in [9.17, 15) is 4.79 Å². The van der Waals surface area contributed by atoms with Gasteiger partial charge in [-0.1, -0.05) is 66.4 Å². The normalized spacial score (nSPS) is 20.1. The monoisotopic (exact) mass is 299 g/mol. The lowest BCUT2D eigenvalue weighted by atomic mass is 10.0. The molecule has 1 aliphatic heterocycles. The zero-order valence-corrected chi connectivity index (χ0v) is 12.3. The number of thioether (sulfide) groups is 1. The molecule has 3 rings (SSSR count). The van der Waals surface area contributed by atoms with Crippen LogP contribution in [0.5, 0.6) is 0 Å². The van der Waals surface area contributed by atoms with Crippen LogP contribution in [0.4, 0.5) is 0 Å². The van der Waals surface area contributed by atoms with Crippen LogP contribution in [0, 0.1) is 0 Å². The molecule has 0 spiro atoms. The van der Waals surface area contributed by atoms with Crippen LogP contribution in [0.25, 0.3) is 17.2 Å². The molecule has 1 atom stereocenters. The maximum absolute atomic E-state index is 11.6. The van der Waals surface area contributed by atoms with E-state index in [-0.39, 0.29) is 10.6 Å². The minimum absolute atomic E-state index is 0.0536. The summed E-state index contributed by atoms with van der Waals surface area (Å²) in [5, 5.41) is 2.74. The first kappa shape index (κ1) is 13.3. The van der Waals surface area contributed by atoms with Crippen LogP contribution in [0.1, 0.15) is 5.56 Å². The van der Waals surface area contributed by atoms with Crippen molar-refractivity contribution in [3.8, 4) is 11.1 Å². The Morgan fingerprint density at radius 2 is 1.65 bits per heavy atom. The van der Waals surface area contributed by atoms with Crippen LogP contribution >= 0.6 is 24.4 Å². The third-order valence-corrected chi connectivity index (χ3v) is 4.38. The van der Waals surface area contributed by atoms with Gasteiger partial charge in [0.05, 0.1) is 4.91 Å². The summed E-state index contributed by atoms with van der Waals surface area (Å²) < 4.78 is -0.141. The van der Waals surface area contributed by atoms with Gasteiger partial charge in [-0.2, -0.15) is 0 Å². The molecule has 2 aromatic rings. The number of thiol groups is 1. The molecule has 0 bridgehead atoms. The van der Waals surface area contributed by atoms with Gasteiger partial charge in [-0.3, -0.25) is 4.79 Å². The van der Waals surface area contributed by atoms with Gasteiger partial charge >= 0.3 is 0 Å². The minimum Gasteiger partial charge on any atom is -0.331 e. The Kier molecular flexibility index (Phi) is 3.85. The van der Waals surface area contributed by atoms with Crippen molar-refractivity contribution in [3.05, 3.63) is 65.1 Å². The fourth-order valence-electron chi connectivity index (χ4n) is 2.04. The molecule has 1 N–H and O–H groups in total. The molecule has 1 amide bonds. The lowest BCUT2D eigenvalue weighted by Crippen LogP contribution is -2.19. The van der Waals surface area contributed by atoms with Crippen LogP contribution in [0.15, 0.2) is 59.5 Å². The van der Waals surface area contributed by atoms with Crippen molar-refractivity contribution < 1.29 is 4.79 Å². The number of carbonyl (C=O) groups is 1. The molecule has 0 aromatic heterocycles. The first-order valence-electron chi connectivity index (χ1n) is 6.25. The molecule has 1 fully saturated rings. The maximum Gasteiger partial charge on any atom is 0.259 e. The van der Waals surface area contributed by atoms with Gasteiger partial charge < -0.3 is 5.32 Å². The number of rotatable bonds is 2. The molecule has 1 heterocycles. The molecule has 4 heteroatoms. The molecule has 0 radical (unpaired) electrons. The van der Waals surface area contributed by atoms with E-state index in [0.717, 1.165) is 5.56 Å². The number of hydrogen-bond acceptors (Lipinski definition) is 3. The number of amides is 1. The summed E-state index contributed by atoms with van der Waals surface area (Å²) in [6.45, 7) is 0. The smallest absolute Gasteiger partial charge is 0.259 e. The Bertz CT molecular complexity index is 650. The SMILES string of the molecule is O=C1NC(S)S/C1=C\c1ccc(-c2ccccc2)cc1. The fourth-order valence-corrected chi connectivity index (χ4v) is 3.27. The second-order valence-electron chi connectivity index (χ2n) is 4.44. The Labute approximate surface area is 127 Å². The zero-order valence-electron chi connectivity index (χ0n) is 10.6. The van der Waals surface area contributed by atoms with Crippen molar-refractivity contribution in [1.82, 2.24) is 5.32 Å². The van der Waals surface area contributed by atoms with E-state index in [1.54, 1.807) is 0 Å². The number of nitrogens with one attached hydrogen (secondary N) is 1. The topological polar surface area (TPSA) is 29.1 Å². The van der Waals surface area contributed by atoms with E-state index in [4.69, 9.17) is 0 Å². The zero-order chi connectivity index (χ0) is 13.9. The van der Waals surface area contributed by atoms with Crippen LogP contribution in [-0.4, -0.2) is 10.6 Å². The van der Waals surface area contributed by atoms with E-state index >= 15 is 0 Å². The third-order valence-electron chi connectivity index (χ3n) is 3.03. The van der Waals surface area contributed by atoms with Crippen molar-refractivity contribution in [3.63, 3.8) is 0 Å². The van der Waals surface area contributed by atoms with Gasteiger partial charge in [0.2, 0.25) is 0 Å². The molecular weight excluding hydrogens is 286 g/mol. The fraction of sp³-hybridized carbons (Fsp3) is 0.0625. The highest BCUT2D eigenvalue weighted by Gasteiger charge is 2.23. The summed E-state index contributed by atoms with van der Waals surface area (Å²) in [5.74, 6) is -0.0536. The van der Waals surface area contributed by atoms with Gasteiger partial charge in [0, 0.05) is 0 Å². The van der Waals surface area contributed by atoms with Crippen LogP contribution in [-0.2, 0) is 4.79 Å². The lowest BCUT2D eigenvalue weighted by molar-refractivity contribution is -0.116. The number of carbonyl (C=O) groups excluding carboxylic acids is 1. The van der Waals surface area contributed by atoms with E-state index in [2.05, 4.69) is 42.2 Å². The number of benzene rings is 2. The Hall–Kier alpha value is -1.65. The van der Waals surface area contributed by atoms with Gasteiger partial charge in [-0.05, 0) is 22.8 Å². The van der Waals surface area contributed by atoms with Crippen LogP contribution in [0.3, 0.4) is 0 Å². The van der Waals surface area contributed by atoms with Gasteiger partial charge in [-0.25, -0.2) is 0 Å². The van der Waals surface area contributed by atoms with Crippen molar-refractivity contribution in [2.24, 2.45) is 0 Å². The van der Waals surface area contributed by atoms with Crippen molar-refractivity contribution in [2.45, 2.75) is 4.71 Å². The van der Waals surface area contributed by atoms with Gasteiger partial charge in [0.25, 0.3) is 5.91 Å². The first-order chi connectivity index (χ1) is 9.72. The summed E-state index contributed by atoms with van der Waals surface area (Å²) in [5.41, 5.74) is 3.38.